The van der Waals surface area contributed by atoms with Crippen LogP contribution < -0.4 is 4.74 Å². The zero-order valence-electron chi connectivity index (χ0n) is 21.3. The summed E-state index contributed by atoms with van der Waals surface area (Å²) in [5.74, 6) is 0.584. The molecule has 3 rings (SSSR count). The average Bonchev–Trinajstić information content (AvgIpc) is 2.79. The van der Waals surface area contributed by atoms with Gasteiger partial charge in [-0.2, -0.15) is 0 Å². The van der Waals surface area contributed by atoms with Gasteiger partial charge < -0.3 is 24.2 Å². The zero-order chi connectivity index (χ0) is 25.6. The van der Waals surface area contributed by atoms with Crippen molar-refractivity contribution >= 4 is 23.6 Å². The third-order valence-electron chi connectivity index (χ3n) is 5.71. The number of carbonyl (C=O) groups is 2. The molecule has 0 bridgehead atoms. The monoisotopic (exact) mass is 501 g/mol. The maximum atomic E-state index is 13.2. The summed E-state index contributed by atoms with van der Waals surface area (Å²) >= 11 is 6.34. The minimum Gasteiger partial charge on any atom is -0.483 e. The molecule has 0 saturated heterocycles. The van der Waals surface area contributed by atoms with E-state index < -0.39 is 5.60 Å². The van der Waals surface area contributed by atoms with E-state index in [1.54, 1.807) is 9.80 Å². The van der Waals surface area contributed by atoms with E-state index in [4.69, 9.17) is 21.1 Å². The fourth-order valence-electron chi connectivity index (χ4n) is 3.87. The zero-order valence-corrected chi connectivity index (χ0v) is 22.1. The Kier molecular flexibility index (Phi) is 9.03. The molecule has 0 saturated carbocycles. The van der Waals surface area contributed by atoms with Crippen molar-refractivity contribution in [2.24, 2.45) is 0 Å². The van der Waals surface area contributed by atoms with E-state index in [0.29, 0.717) is 43.4 Å². The summed E-state index contributed by atoms with van der Waals surface area (Å²) in [5.41, 5.74) is 2.41. The van der Waals surface area contributed by atoms with Gasteiger partial charge >= 0.3 is 6.09 Å². The first-order valence-electron chi connectivity index (χ1n) is 11.9. The van der Waals surface area contributed by atoms with Crippen molar-refractivity contribution in [3.63, 3.8) is 0 Å². The highest BCUT2D eigenvalue weighted by atomic mass is 35.5. The van der Waals surface area contributed by atoms with E-state index in [1.165, 1.54) is 0 Å². The number of carbonyl (C=O) groups excluding carboxylic acids is 2. The van der Waals surface area contributed by atoms with Crippen LogP contribution in [0, 0.1) is 0 Å². The predicted octanol–water partition coefficient (Wildman–Crippen LogP) is 4.60. The van der Waals surface area contributed by atoms with Gasteiger partial charge in [-0.05, 0) is 64.5 Å². The number of hydrogen-bond acceptors (Lipinski definition) is 5. The molecule has 0 N–H and O–H groups in total. The van der Waals surface area contributed by atoms with Crippen LogP contribution in [0.3, 0.4) is 0 Å². The van der Waals surface area contributed by atoms with E-state index in [0.717, 1.165) is 23.2 Å². The van der Waals surface area contributed by atoms with Crippen LogP contribution in [-0.2, 0) is 29.0 Å². The number of ether oxygens (including phenoxy) is 2. The second-order valence-corrected chi connectivity index (χ2v) is 10.5. The molecule has 0 fully saturated rings. The standard InChI is InChI=1S/C27H36ClN3O4/c1-27(2,3)35-26(33)31-14-13-22-20(17-31)10-8-12-24(22)34-19-25(32)30(16-15-29(4)5)18-21-9-6-7-11-23(21)28/h6-12H,13-19H2,1-5H3. The van der Waals surface area contributed by atoms with Crippen molar-refractivity contribution in [3.05, 3.63) is 64.2 Å². The van der Waals surface area contributed by atoms with Gasteiger partial charge in [-0.3, -0.25) is 4.79 Å². The van der Waals surface area contributed by atoms with Crippen LogP contribution in [0.25, 0.3) is 0 Å². The largest absolute Gasteiger partial charge is 0.483 e. The highest BCUT2D eigenvalue weighted by molar-refractivity contribution is 6.31. The fourth-order valence-corrected chi connectivity index (χ4v) is 4.06. The molecular formula is C27H36ClN3O4. The lowest BCUT2D eigenvalue weighted by Gasteiger charge is -2.32. The van der Waals surface area contributed by atoms with Crippen LogP contribution in [0.15, 0.2) is 42.5 Å². The molecule has 7 nitrogen and oxygen atoms in total. The van der Waals surface area contributed by atoms with Crippen LogP contribution >= 0.6 is 11.6 Å². The normalized spacial score (nSPS) is 13.4. The Morgan fingerprint density at radius 3 is 2.49 bits per heavy atom. The lowest BCUT2D eigenvalue weighted by Crippen LogP contribution is -2.40. The Labute approximate surface area is 213 Å². The second-order valence-electron chi connectivity index (χ2n) is 10.0. The van der Waals surface area contributed by atoms with Crippen LogP contribution in [-0.4, -0.2) is 72.6 Å². The number of fused-ring (bicyclic) bond motifs is 1. The van der Waals surface area contributed by atoms with Crippen molar-refractivity contribution in [2.45, 2.75) is 45.9 Å². The molecule has 1 aliphatic rings. The Hall–Kier alpha value is -2.77. The molecule has 190 valence electrons. The molecule has 8 heteroatoms. The first kappa shape index (κ1) is 26.8. The lowest BCUT2D eigenvalue weighted by atomic mass is 9.99. The van der Waals surface area contributed by atoms with Crippen molar-refractivity contribution in [1.29, 1.82) is 0 Å². The first-order chi connectivity index (χ1) is 16.5. The minimum absolute atomic E-state index is 0.0654. The van der Waals surface area contributed by atoms with Gasteiger partial charge in [0.15, 0.2) is 6.61 Å². The Morgan fingerprint density at radius 1 is 1.06 bits per heavy atom. The summed E-state index contributed by atoms with van der Waals surface area (Å²) in [7, 11) is 3.96. The summed E-state index contributed by atoms with van der Waals surface area (Å²) < 4.78 is 11.5. The van der Waals surface area contributed by atoms with E-state index in [2.05, 4.69) is 0 Å². The molecule has 2 amide bonds. The van der Waals surface area contributed by atoms with Crippen LogP contribution in [0.2, 0.25) is 5.02 Å². The quantitative estimate of drug-likeness (QED) is 0.529. The highest BCUT2D eigenvalue weighted by Gasteiger charge is 2.27. The van der Waals surface area contributed by atoms with Gasteiger partial charge in [-0.1, -0.05) is 41.9 Å². The van der Waals surface area contributed by atoms with Crippen molar-refractivity contribution in [3.8, 4) is 5.75 Å². The lowest BCUT2D eigenvalue weighted by molar-refractivity contribution is -0.134. The number of hydrogen-bond donors (Lipinski definition) is 0. The van der Waals surface area contributed by atoms with Gasteiger partial charge in [-0.15, -0.1) is 0 Å². The smallest absolute Gasteiger partial charge is 0.410 e. The number of benzene rings is 2. The third-order valence-corrected chi connectivity index (χ3v) is 6.08. The molecule has 0 spiro atoms. The third kappa shape index (κ3) is 7.87. The predicted molar refractivity (Wildman–Crippen MR) is 138 cm³/mol. The van der Waals surface area contributed by atoms with Crippen LogP contribution in [0.4, 0.5) is 4.79 Å². The Balaban J connectivity index is 1.67. The molecule has 0 atom stereocenters. The van der Waals surface area contributed by atoms with Gasteiger partial charge in [0.2, 0.25) is 0 Å². The number of halogens is 1. The van der Waals surface area contributed by atoms with E-state index in [-0.39, 0.29) is 18.6 Å². The summed E-state index contributed by atoms with van der Waals surface area (Å²) in [5, 5.41) is 0.641. The summed E-state index contributed by atoms with van der Waals surface area (Å²) in [6.07, 6.45) is 0.323. The molecule has 2 aromatic carbocycles. The van der Waals surface area contributed by atoms with Gasteiger partial charge in [0.1, 0.15) is 11.4 Å². The van der Waals surface area contributed by atoms with Gasteiger partial charge in [0.25, 0.3) is 5.91 Å². The maximum absolute atomic E-state index is 13.2. The summed E-state index contributed by atoms with van der Waals surface area (Å²) in [6.45, 7) is 8.24. The van der Waals surface area contributed by atoms with Crippen molar-refractivity contribution in [1.82, 2.24) is 14.7 Å². The molecule has 1 heterocycles. The topological polar surface area (TPSA) is 62.3 Å². The molecular weight excluding hydrogens is 466 g/mol. The molecule has 0 unspecified atom stereocenters. The van der Waals surface area contributed by atoms with Crippen LogP contribution in [0.5, 0.6) is 5.75 Å². The van der Waals surface area contributed by atoms with E-state index in [9.17, 15) is 9.59 Å². The molecule has 0 aliphatic carbocycles. The second kappa shape index (κ2) is 11.8. The van der Waals surface area contributed by atoms with Gasteiger partial charge in [0, 0.05) is 43.3 Å². The fraction of sp³-hybridized carbons (Fsp3) is 0.481. The van der Waals surface area contributed by atoms with Gasteiger partial charge in [0.05, 0.1) is 0 Å². The number of rotatable bonds is 8. The van der Waals surface area contributed by atoms with Gasteiger partial charge in [-0.25, -0.2) is 4.79 Å². The minimum atomic E-state index is -0.537. The first-order valence-corrected chi connectivity index (χ1v) is 12.3. The average molecular weight is 502 g/mol. The highest BCUT2D eigenvalue weighted by Crippen LogP contribution is 2.29. The molecule has 0 radical (unpaired) electrons. The van der Waals surface area contributed by atoms with Crippen LogP contribution in [0.1, 0.15) is 37.5 Å². The Morgan fingerprint density at radius 2 is 1.80 bits per heavy atom. The number of nitrogens with zero attached hydrogens (tertiary/aromatic N) is 3. The number of amides is 2. The molecule has 1 aliphatic heterocycles. The Bertz CT molecular complexity index is 1040. The van der Waals surface area contributed by atoms with Crippen molar-refractivity contribution in [2.75, 3.05) is 40.3 Å². The molecule has 35 heavy (non-hydrogen) atoms. The summed E-state index contributed by atoms with van der Waals surface area (Å²) in [4.78, 5) is 31.2. The van der Waals surface area contributed by atoms with E-state index in [1.807, 2.05) is 82.2 Å². The summed E-state index contributed by atoms with van der Waals surface area (Å²) in [6, 6.07) is 13.3. The molecule has 2 aromatic rings. The SMILES string of the molecule is CN(C)CCN(Cc1ccccc1Cl)C(=O)COc1cccc2c1CCN(C(=O)OC(C)(C)C)C2. The maximum Gasteiger partial charge on any atom is 0.410 e. The molecule has 0 aromatic heterocycles. The van der Waals surface area contributed by atoms with Crippen molar-refractivity contribution < 1.29 is 19.1 Å². The number of likely N-dealkylation sites (N-methyl/N-ethyl adjacent to an activating group) is 1. The van der Waals surface area contributed by atoms with E-state index >= 15 is 0 Å².